The molecule has 0 saturated carbocycles. The van der Waals surface area contributed by atoms with E-state index in [1.54, 1.807) is 24.3 Å². The predicted molar refractivity (Wildman–Crippen MR) is 164 cm³/mol. The second kappa shape index (κ2) is 15.0. The lowest BCUT2D eigenvalue weighted by molar-refractivity contribution is -0.149. The molecule has 0 bridgehead atoms. The largest absolute Gasteiger partial charge is 0.488 e. The van der Waals surface area contributed by atoms with Gasteiger partial charge >= 0.3 is 11.9 Å². The number of anilines is 1. The molecule has 1 aliphatic heterocycles. The number of likely N-dealkylation sites (tertiary alicyclic amines) is 1. The molecular formula is C31H36N4O10S. The van der Waals surface area contributed by atoms with E-state index in [-0.39, 0.29) is 30.8 Å². The molecule has 4 rings (SSSR count). The van der Waals surface area contributed by atoms with Gasteiger partial charge in [0.25, 0.3) is 16.0 Å². The number of aliphatic carboxylic acids is 2. The number of carbonyl (C=O) groups excluding carboxylic acids is 2. The Morgan fingerprint density at radius 3 is 2.41 bits per heavy atom. The Morgan fingerprint density at radius 1 is 1.04 bits per heavy atom. The van der Waals surface area contributed by atoms with Gasteiger partial charge in [0, 0.05) is 12.6 Å². The van der Waals surface area contributed by atoms with Crippen molar-refractivity contribution >= 4 is 39.7 Å². The fraction of sp³-hybridized carbons (Fsp3) is 0.387. The second-order valence-electron chi connectivity index (χ2n) is 11.0. The maximum absolute atomic E-state index is 14.0. The summed E-state index contributed by atoms with van der Waals surface area (Å²) in [5.74, 6) is -3.02. The second-order valence-corrected chi connectivity index (χ2v) is 12.4. The van der Waals surface area contributed by atoms with E-state index >= 15 is 0 Å². The van der Waals surface area contributed by atoms with Gasteiger partial charge in [0.2, 0.25) is 5.91 Å². The molecule has 2 heterocycles. The van der Waals surface area contributed by atoms with Gasteiger partial charge in [-0.1, -0.05) is 56.9 Å². The molecule has 46 heavy (non-hydrogen) atoms. The van der Waals surface area contributed by atoms with E-state index in [9.17, 15) is 37.3 Å². The number of carbonyl (C=O) groups is 4. The lowest BCUT2D eigenvalue weighted by atomic mass is 10.1. The topological polar surface area (TPSA) is 205 Å². The van der Waals surface area contributed by atoms with Crippen molar-refractivity contribution in [2.24, 2.45) is 0 Å². The van der Waals surface area contributed by atoms with Crippen molar-refractivity contribution in [3.63, 3.8) is 0 Å². The number of amides is 2. The normalized spacial score (nSPS) is 17.0. The van der Waals surface area contributed by atoms with Crippen LogP contribution in [-0.4, -0.2) is 80.1 Å². The highest BCUT2D eigenvalue weighted by molar-refractivity contribution is 7.86. The number of hydrogen-bond acceptors (Lipinski definition) is 8. The molecule has 0 radical (unpaired) electrons. The van der Waals surface area contributed by atoms with Crippen molar-refractivity contribution in [3.05, 3.63) is 72.2 Å². The maximum atomic E-state index is 14.0. The van der Waals surface area contributed by atoms with Crippen LogP contribution in [0.15, 0.2) is 66.0 Å². The number of hydrogen-bond donors (Lipinski definition) is 4. The zero-order chi connectivity index (χ0) is 33.4. The molecule has 3 aromatic rings. The van der Waals surface area contributed by atoms with Crippen molar-refractivity contribution in [3.8, 4) is 5.75 Å². The van der Waals surface area contributed by atoms with E-state index in [4.69, 9.17) is 9.84 Å². The molecular weight excluding hydrogens is 620 g/mol. The highest BCUT2D eigenvalue weighted by atomic mass is 32.2. The van der Waals surface area contributed by atoms with Crippen LogP contribution in [0.2, 0.25) is 0 Å². The summed E-state index contributed by atoms with van der Waals surface area (Å²) in [7, 11) is -4.67. The van der Waals surface area contributed by atoms with Crippen molar-refractivity contribution in [2.45, 2.75) is 75.0 Å². The molecule has 0 spiro atoms. The van der Waals surface area contributed by atoms with E-state index in [2.05, 4.69) is 17.2 Å². The number of rotatable bonds is 15. The third-order valence-corrected chi connectivity index (χ3v) is 8.55. The number of carboxylic acids is 2. The van der Waals surface area contributed by atoms with Gasteiger partial charge in [-0.15, -0.1) is 0 Å². The van der Waals surface area contributed by atoms with Gasteiger partial charge in [0.15, 0.2) is 5.82 Å². The highest BCUT2D eigenvalue weighted by Gasteiger charge is 2.43. The summed E-state index contributed by atoms with van der Waals surface area (Å²) in [6.45, 7) is 2.05. The Hall–Kier alpha value is -4.76. The van der Waals surface area contributed by atoms with E-state index < -0.39 is 57.0 Å². The molecule has 3 atom stereocenters. The number of carboxylic acid groups (broad SMARTS) is 2. The number of aromatic nitrogens is 2. The van der Waals surface area contributed by atoms with E-state index in [1.807, 2.05) is 0 Å². The van der Waals surface area contributed by atoms with Gasteiger partial charge in [0.05, 0.1) is 24.9 Å². The van der Waals surface area contributed by atoms with Crippen LogP contribution in [0.3, 0.4) is 0 Å². The van der Waals surface area contributed by atoms with Crippen LogP contribution < -0.4 is 10.1 Å². The van der Waals surface area contributed by atoms with Crippen molar-refractivity contribution in [1.82, 2.24) is 14.5 Å². The van der Waals surface area contributed by atoms with Crippen LogP contribution in [-0.2, 0) is 30.9 Å². The minimum atomic E-state index is -4.67. The van der Waals surface area contributed by atoms with E-state index in [1.165, 1.54) is 40.2 Å². The van der Waals surface area contributed by atoms with Crippen LogP contribution in [0.25, 0.3) is 0 Å². The molecule has 2 aromatic carbocycles. The van der Waals surface area contributed by atoms with Crippen molar-refractivity contribution in [1.29, 1.82) is 0 Å². The Morgan fingerprint density at radius 2 is 1.76 bits per heavy atom. The maximum Gasteiger partial charge on any atom is 0.326 e. The van der Waals surface area contributed by atoms with Gasteiger partial charge in [-0.3, -0.25) is 18.9 Å². The fourth-order valence-corrected chi connectivity index (χ4v) is 6.09. The zero-order valence-electron chi connectivity index (χ0n) is 25.1. The molecule has 4 N–H and O–H groups in total. The molecule has 14 nitrogen and oxygen atoms in total. The summed E-state index contributed by atoms with van der Waals surface area (Å²) in [5.41, 5.74) is 0.284. The van der Waals surface area contributed by atoms with Gasteiger partial charge in [0.1, 0.15) is 28.8 Å². The summed E-state index contributed by atoms with van der Waals surface area (Å²) >= 11 is 0. The van der Waals surface area contributed by atoms with Crippen molar-refractivity contribution in [2.75, 3.05) is 11.9 Å². The molecule has 2 amide bonds. The number of ether oxygens (including phenoxy) is 1. The number of nitrogens with one attached hydrogen (secondary N) is 1. The first-order chi connectivity index (χ1) is 21.9. The van der Waals surface area contributed by atoms with Crippen LogP contribution in [0.1, 0.15) is 67.4 Å². The summed E-state index contributed by atoms with van der Waals surface area (Å²) in [4.78, 5) is 55.0. The Kier molecular flexibility index (Phi) is 11.1. The summed E-state index contributed by atoms with van der Waals surface area (Å²) in [6.07, 6.45) is 5.81. The lowest BCUT2D eigenvalue weighted by Gasteiger charge is -2.27. The lowest BCUT2D eigenvalue weighted by Crippen LogP contribution is -2.44. The first-order valence-corrected chi connectivity index (χ1v) is 16.2. The van der Waals surface area contributed by atoms with Gasteiger partial charge in [-0.05, 0) is 36.2 Å². The smallest absolute Gasteiger partial charge is 0.326 e. The van der Waals surface area contributed by atoms with Gasteiger partial charge in [-0.25, -0.2) is 9.78 Å². The minimum absolute atomic E-state index is 0.00282. The van der Waals surface area contributed by atoms with Crippen LogP contribution in [0.4, 0.5) is 5.82 Å². The third kappa shape index (κ3) is 8.69. The van der Waals surface area contributed by atoms with Gasteiger partial charge in [-0.2, -0.15) is 8.42 Å². The summed E-state index contributed by atoms with van der Waals surface area (Å²) in [5, 5.41) is 21.5. The average molecular weight is 657 g/mol. The fourth-order valence-electron chi connectivity index (χ4n) is 5.40. The Bertz CT molecular complexity index is 1670. The Labute approximate surface area is 265 Å². The quantitative estimate of drug-likeness (QED) is 0.137. The first-order valence-electron chi connectivity index (χ1n) is 14.8. The number of unbranched alkanes of at least 4 members (excludes halogenated alkanes) is 3. The molecule has 246 valence electrons. The van der Waals surface area contributed by atoms with E-state index in [0.29, 0.717) is 24.2 Å². The Balaban J connectivity index is 1.53. The zero-order valence-corrected chi connectivity index (χ0v) is 25.9. The summed E-state index contributed by atoms with van der Waals surface area (Å²) < 4.78 is 40.5. The van der Waals surface area contributed by atoms with Crippen LogP contribution in [0, 0.1) is 0 Å². The number of benzene rings is 2. The minimum Gasteiger partial charge on any atom is -0.488 e. The number of imidazole rings is 1. The predicted octanol–water partition coefficient (Wildman–Crippen LogP) is 3.65. The number of nitrogens with zero attached hydrogens (tertiary/aromatic N) is 3. The van der Waals surface area contributed by atoms with Crippen molar-refractivity contribution < 1.29 is 47.1 Å². The molecule has 1 fully saturated rings. The summed E-state index contributed by atoms with van der Waals surface area (Å²) in [6, 6.07) is 9.55. The van der Waals surface area contributed by atoms with Crippen LogP contribution in [0.5, 0.6) is 5.75 Å². The standard InChI is InChI=1S/C31H36N4O10S/c1-2-3-4-5-9-24(34-18-27(32-19-34)33-29(38)23-8-6-7-10-26(23)46(42,43)44)30(39)35-17-22(16-25(35)31(40)41)45-21-13-11-20(12-14-21)15-28(36)37/h6-8,10-14,18-19,22,24-25H,2-5,9,15-17H2,1H3,(H,33,38)(H,36,37)(H,40,41)(H,42,43,44)/t22-,24?,25-/m0/s1. The third-order valence-electron chi connectivity index (χ3n) is 7.64. The average Bonchev–Trinajstić information content (AvgIpc) is 3.64. The SMILES string of the molecule is CCCCCCC(C(=O)N1C[C@@H](Oc2ccc(CC(=O)O)cc2)C[C@H]1C(=O)O)n1cnc(NC(=O)c2ccccc2S(=O)(=O)O)c1. The molecule has 15 heteroatoms. The molecule has 1 saturated heterocycles. The van der Waals surface area contributed by atoms with E-state index in [0.717, 1.165) is 25.3 Å². The van der Waals surface area contributed by atoms with Crippen LogP contribution >= 0.6 is 0 Å². The highest BCUT2D eigenvalue weighted by Crippen LogP contribution is 2.29. The molecule has 1 aromatic heterocycles. The molecule has 1 unspecified atom stereocenters. The molecule has 0 aliphatic carbocycles. The van der Waals surface area contributed by atoms with Gasteiger partial charge < -0.3 is 29.7 Å². The first kappa shape index (κ1) is 34.1. The molecule has 1 aliphatic rings. The monoisotopic (exact) mass is 656 g/mol.